The molecule has 3 aromatic rings. The Morgan fingerprint density at radius 1 is 1.17 bits per heavy atom. The SMILES string of the molecule is Cc1cccn2c(=O)cc(CN3C(=O)N[C@](C)(c4ccc([N+](=O)[O-])cc4)C3=O)nc12. The molecule has 10 nitrogen and oxygen atoms in total. The number of carbonyl (C=O) groups excluding carboxylic acids is 2. The van der Waals surface area contributed by atoms with Crippen molar-refractivity contribution in [2.45, 2.75) is 25.9 Å². The molecule has 1 aliphatic rings. The minimum Gasteiger partial charge on any atom is -0.319 e. The van der Waals surface area contributed by atoms with Gasteiger partial charge in [0.05, 0.1) is 17.2 Å². The number of hydrogen-bond acceptors (Lipinski definition) is 6. The Morgan fingerprint density at radius 2 is 1.87 bits per heavy atom. The van der Waals surface area contributed by atoms with Crippen molar-refractivity contribution in [1.82, 2.24) is 19.6 Å². The summed E-state index contributed by atoms with van der Waals surface area (Å²) in [4.78, 5) is 53.7. The third kappa shape index (κ3) is 2.98. The molecule has 1 atom stereocenters. The number of nitro benzene ring substituents is 1. The van der Waals surface area contributed by atoms with E-state index in [9.17, 15) is 24.5 Å². The van der Waals surface area contributed by atoms with Crippen LogP contribution in [0, 0.1) is 17.0 Å². The lowest BCUT2D eigenvalue weighted by molar-refractivity contribution is -0.384. The summed E-state index contributed by atoms with van der Waals surface area (Å²) in [5, 5.41) is 13.5. The molecule has 0 aliphatic carbocycles. The topological polar surface area (TPSA) is 127 Å². The van der Waals surface area contributed by atoms with Crippen LogP contribution in [-0.4, -0.2) is 31.1 Å². The first-order valence-electron chi connectivity index (χ1n) is 9.07. The molecule has 0 radical (unpaired) electrons. The van der Waals surface area contributed by atoms with Crippen LogP contribution in [0.25, 0.3) is 5.65 Å². The number of hydrogen-bond donors (Lipinski definition) is 1. The zero-order valence-corrected chi connectivity index (χ0v) is 16.2. The number of urea groups is 1. The normalized spacial score (nSPS) is 18.7. The molecule has 152 valence electrons. The molecule has 3 amide bonds. The molecule has 0 unspecified atom stereocenters. The largest absolute Gasteiger partial charge is 0.325 e. The highest BCUT2D eigenvalue weighted by Crippen LogP contribution is 2.30. The molecule has 1 aromatic carbocycles. The first-order valence-corrected chi connectivity index (χ1v) is 9.07. The van der Waals surface area contributed by atoms with Crippen LogP contribution in [0.2, 0.25) is 0 Å². The number of carbonyl (C=O) groups is 2. The number of imide groups is 1. The van der Waals surface area contributed by atoms with Crippen molar-refractivity contribution in [3.8, 4) is 0 Å². The third-order valence-electron chi connectivity index (χ3n) is 5.19. The van der Waals surface area contributed by atoms with Gasteiger partial charge in [0.2, 0.25) is 0 Å². The molecule has 2 aromatic heterocycles. The fourth-order valence-electron chi connectivity index (χ4n) is 3.50. The Labute approximate surface area is 169 Å². The maximum absolute atomic E-state index is 13.1. The zero-order valence-electron chi connectivity index (χ0n) is 16.2. The van der Waals surface area contributed by atoms with Crippen LogP contribution in [-0.2, 0) is 16.9 Å². The maximum Gasteiger partial charge on any atom is 0.325 e. The number of nitrogens with zero attached hydrogens (tertiary/aromatic N) is 4. The number of nitro groups is 1. The second kappa shape index (κ2) is 6.76. The average molecular weight is 407 g/mol. The standard InChI is InChI=1S/C20H17N5O5/c1-12-4-3-9-23-16(26)10-14(21-17(12)23)11-24-18(27)20(2,22-19(24)28)13-5-7-15(8-6-13)25(29)30/h3-10H,11H2,1-2H3,(H,22,28)/t20-/m1/s1. The summed E-state index contributed by atoms with van der Waals surface area (Å²) >= 11 is 0. The van der Waals surface area contributed by atoms with E-state index in [2.05, 4.69) is 10.3 Å². The fourth-order valence-corrected chi connectivity index (χ4v) is 3.50. The Morgan fingerprint density at radius 3 is 2.53 bits per heavy atom. The van der Waals surface area contributed by atoms with Crippen LogP contribution < -0.4 is 10.9 Å². The molecule has 1 saturated heterocycles. The van der Waals surface area contributed by atoms with Gasteiger partial charge in [-0.15, -0.1) is 0 Å². The summed E-state index contributed by atoms with van der Waals surface area (Å²) in [7, 11) is 0. The summed E-state index contributed by atoms with van der Waals surface area (Å²) in [6.07, 6.45) is 1.60. The summed E-state index contributed by atoms with van der Waals surface area (Å²) in [5.41, 5.74) is 0.112. The molecule has 0 bridgehead atoms. The van der Waals surface area contributed by atoms with Crippen molar-refractivity contribution >= 4 is 23.3 Å². The molecule has 0 spiro atoms. The van der Waals surface area contributed by atoms with Gasteiger partial charge in [0.15, 0.2) is 0 Å². The molecule has 0 saturated carbocycles. The number of nitrogens with one attached hydrogen (secondary N) is 1. The number of rotatable bonds is 4. The van der Waals surface area contributed by atoms with Crippen molar-refractivity contribution in [2.24, 2.45) is 0 Å². The predicted octanol–water partition coefficient (Wildman–Crippen LogP) is 1.88. The van der Waals surface area contributed by atoms with Gasteiger partial charge >= 0.3 is 6.03 Å². The maximum atomic E-state index is 13.1. The molecule has 4 rings (SSSR count). The molecule has 1 fully saturated rings. The predicted molar refractivity (Wildman–Crippen MR) is 106 cm³/mol. The van der Waals surface area contributed by atoms with Gasteiger partial charge < -0.3 is 5.32 Å². The van der Waals surface area contributed by atoms with Crippen molar-refractivity contribution in [3.05, 3.63) is 86.0 Å². The Bertz CT molecular complexity index is 1270. The molecule has 30 heavy (non-hydrogen) atoms. The average Bonchev–Trinajstić information content (AvgIpc) is 2.93. The summed E-state index contributed by atoms with van der Waals surface area (Å²) in [5.74, 6) is -0.534. The van der Waals surface area contributed by atoms with E-state index in [-0.39, 0.29) is 23.5 Å². The minimum absolute atomic E-state index is 0.118. The Kier molecular flexibility index (Phi) is 4.34. The van der Waals surface area contributed by atoms with E-state index >= 15 is 0 Å². The van der Waals surface area contributed by atoms with Gasteiger partial charge in [-0.3, -0.25) is 29.0 Å². The van der Waals surface area contributed by atoms with Crippen LogP contribution in [0.1, 0.15) is 23.7 Å². The van der Waals surface area contributed by atoms with E-state index in [4.69, 9.17) is 0 Å². The number of pyridine rings is 1. The van der Waals surface area contributed by atoms with E-state index < -0.39 is 22.4 Å². The molecule has 1 N–H and O–H groups in total. The van der Waals surface area contributed by atoms with Gasteiger partial charge in [-0.1, -0.05) is 6.07 Å². The molecular formula is C20H17N5O5. The van der Waals surface area contributed by atoms with Crippen LogP contribution in [0.4, 0.5) is 10.5 Å². The first kappa shape index (κ1) is 19.2. The fraction of sp³-hybridized carbons (Fsp3) is 0.200. The van der Waals surface area contributed by atoms with Crippen LogP contribution in [0.15, 0.2) is 53.5 Å². The lowest BCUT2D eigenvalue weighted by Gasteiger charge is -2.22. The number of aryl methyl sites for hydroxylation is 1. The first-order chi connectivity index (χ1) is 14.2. The van der Waals surface area contributed by atoms with Crippen molar-refractivity contribution in [3.63, 3.8) is 0 Å². The van der Waals surface area contributed by atoms with E-state index in [1.807, 2.05) is 13.0 Å². The van der Waals surface area contributed by atoms with Gasteiger partial charge in [0.25, 0.3) is 17.2 Å². The van der Waals surface area contributed by atoms with Gasteiger partial charge in [0, 0.05) is 24.4 Å². The molecular weight excluding hydrogens is 390 g/mol. The van der Waals surface area contributed by atoms with Gasteiger partial charge in [-0.05, 0) is 43.2 Å². The van der Waals surface area contributed by atoms with Gasteiger partial charge in [-0.2, -0.15) is 0 Å². The highest BCUT2D eigenvalue weighted by atomic mass is 16.6. The van der Waals surface area contributed by atoms with Crippen molar-refractivity contribution in [2.75, 3.05) is 0 Å². The highest BCUT2D eigenvalue weighted by Gasteiger charge is 2.49. The van der Waals surface area contributed by atoms with Gasteiger partial charge in [0.1, 0.15) is 11.2 Å². The number of non-ortho nitro benzene ring substituents is 1. The Balaban J connectivity index is 1.66. The number of aromatic nitrogens is 2. The number of fused-ring (bicyclic) bond motifs is 1. The Hall–Kier alpha value is -4.08. The zero-order chi connectivity index (χ0) is 21.6. The van der Waals surface area contributed by atoms with Crippen LogP contribution >= 0.6 is 0 Å². The van der Waals surface area contributed by atoms with Crippen LogP contribution in [0.5, 0.6) is 0 Å². The van der Waals surface area contributed by atoms with E-state index in [1.165, 1.54) is 41.7 Å². The third-order valence-corrected chi connectivity index (χ3v) is 5.19. The molecule has 3 heterocycles. The molecule has 10 heteroatoms. The number of benzene rings is 1. The van der Waals surface area contributed by atoms with Gasteiger partial charge in [-0.25, -0.2) is 9.78 Å². The van der Waals surface area contributed by atoms with E-state index in [1.54, 1.807) is 12.3 Å². The van der Waals surface area contributed by atoms with E-state index in [0.29, 0.717) is 11.2 Å². The minimum atomic E-state index is -1.38. The summed E-state index contributed by atoms with van der Waals surface area (Å²) in [6, 6.07) is 9.62. The highest BCUT2D eigenvalue weighted by molar-refractivity contribution is 6.07. The number of amides is 3. The quantitative estimate of drug-likeness (QED) is 0.400. The van der Waals surface area contributed by atoms with Crippen molar-refractivity contribution in [1.29, 1.82) is 0 Å². The lowest BCUT2D eigenvalue weighted by atomic mass is 9.92. The van der Waals surface area contributed by atoms with Crippen molar-refractivity contribution < 1.29 is 14.5 Å². The smallest absolute Gasteiger partial charge is 0.319 e. The second-order valence-corrected chi connectivity index (χ2v) is 7.22. The van der Waals surface area contributed by atoms with Crippen LogP contribution in [0.3, 0.4) is 0 Å². The summed E-state index contributed by atoms with van der Waals surface area (Å²) in [6.45, 7) is 3.17. The lowest BCUT2D eigenvalue weighted by Crippen LogP contribution is -2.40. The van der Waals surface area contributed by atoms with E-state index in [0.717, 1.165) is 10.5 Å². The second-order valence-electron chi connectivity index (χ2n) is 7.22. The monoisotopic (exact) mass is 407 g/mol. The summed E-state index contributed by atoms with van der Waals surface area (Å²) < 4.78 is 1.39. The molecule has 1 aliphatic heterocycles.